The van der Waals surface area contributed by atoms with Gasteiger partial charge in [-0.1, -0.05) is 48.2 Å². The number of benzene rings is 2. The number of nitrogens with zero attached hydrogens (tertiary/aromatic N) is 1. The van der Waals surface area contributed by atoms with Crippen molar-refractivity contribution in [2.24, 2.45) is 0 Å². The molecular formula is C20H21NO2S. The average Bonchev–Trinajstić information content (AvgIpc) is 2.63. The quantitative estimate of drug-likeness (QED) is 0.755. The van der Waals surface area contributed by atoms with Crippen LogP contribution in [0.4, 0.5) is 4.79 Å². The lowest BCUT2D eigenvalue weighted by molar-refractivity contribution is 0.0901. The standard InChI is InChI=1S/C20H21NO2S/c1-2-23-19(22)21-13-11-20(12-14-21)15-7-3-5-9-17(15)24-18-10-6-4-8-16(18)20/h3-10H,2,11-14H2,1H3. The number of carbonyl (C=O) groups is 1. The number of piperidine rings is 1. The van der Waals surface area contributed by atoms with Crippen molar-refractivity contribution < 1.29 is 9.53 Å². The lowest BCUT2D eigenvalue weighted by atomic mass is 9.67. The molecule has 0 saturated carbocycles. The second kappa shape index (κ2) is 6.17. The molecule has 4 heteroatoms. The zero-order valence-electron chi connectivity index (χ0n) is 13.8. The zero-order chi connectivity index (χ0) is 16.6. The van der Waals surface area contributed by atoms with Crippen molar-refractivity contribution >= 4 is 17.9 Å². The van der Waals surface area contributed by atoms with Crippen molar-refractivity contribution in [1.29, 1.82) is 0 Å². The Labute approximate surface area is 147 Å². The smallest absolute Gasteiger partial charge is 0.409 e. The van der Waals surface area contributed by atoms with E-state index in [4.69, 9.17) is 4.74 Å². The van der Waals surface area contributed by atoms with Crippen LogP contribution in [0.2, 0.25) is 0 Å². The van der Waals surface area contributed by atoms with E-state index in [2.05, 4.69) is 48.5 Å². The molecule has 124 valence electrons. The third-order valence-corrected chi connectivity index (χ3v) is 6.32. The summed E-state index contributed by atoms with van der Waals surface area (Å²) in [7, 11) is 0. The molecule has 1 fully saturated rings. The van der Waals surface area contributed by atoms with Gasteiger partial charge in [0.25, 0.3) is 0 Å². The van der Waals surface area contributed by atoms with Crippen LogP contribution in [0.25, 0.3) is 0 Å². The van der Waals surface area contributed by atoms with Gasteiger partial charge in [-0.25, -0.2) is 4.79 Å². The number of ether oxygens (including phenoxy) is 1. The van der Waals surface area contributed by atoms with Gasteiger partial charge in [0.2, 0.25) is 0 Å². The minimum atomic E-state index is -0.181. The monoisotopic (exact) mass is 339 g/mol. The van der Waals surface area contributed by atoms with E-state index in [1.807, 2.05) is 23.6 Å². The van der Waals surface area contributed by atoms with Crippen molar-refractivity contribution in [3.8, 4) is 0 Å². The highest BCUT2D eigenvalue weighted by Gasteiger charge is 2.43. The number of carbonyl (C=O) groups excluding carboxylic acids is 1. The van der Waals surface area contributed by atoms with E-state index in [0.717, 1.165) is 25.9 Å². The number of hydrogen-bond donors (Lipinski definition) is 0. The van der Waals surface area contributed by atoms with E-state index in [1.165, 1.54) is 20.9 Å². The first-order chi connectivity index (χ1) is 11.7. The average molecular weight is 339 g/mol. The number of rotatable bonds is 1. The first-order valence-corrected chi connectivity index (χ1v) is 9.35. The molecule has 0 aliphatic carbocycles. The van der Waals surface area contributed by atoms with E-state index in [0.29, 0.717) is 6.61 Å². The van der Waals surface area contributed by atoms with Crippen molar-refractivity contribution in [2.75, 3.05) is 19.7 Å². The molecule has 2 aromatic carbocycles. The van der Waals surface area contributed by atoms with Crippen LogP contribution < -0.4 is 0 Å². The summed E-state index contributed by atoms with van der Waals surface area (Å²) in [4.78, 5) is 16.6. The molecular weight excluding hydrogens is 318 g/mol. The first-order valence-electron chi connectivity index (χ1n) is 8.53. The molecule has 2 heterocycles. The molecule has 0 atom stereocenters. The van der Waals surface area contributed by atoms with Gasteiger partial charge in [0.05, 0.1) is 6.61 Å². The van der Waals surface area contributed by atoms with E-state index < -0.39 is 0 Å². The molecule has 24 heavy (non-hydrogen) atoms. The van der Waals surface area contributed by atoms with Crippen molar-refractivity contribution in [1.82, 2.24) is 4.90 Å². The van der Waals surface area contributed by atoms with Crippen LogP contribution in [-0.2, 0) is 10.2 Å². The molecule has 1 saturated heterocycles. The van der Waals surface area contributed by atoms with Crippen LogP contribution in [0.5, 0.6) is 0 Å². The van der Waals surface area contributed by atoms with Crippen LogP contribution in [0.15, 0.2) is 58.3 Å². The SMILES string of the molecule is CCOC(=O)N1CCC2(CC1)c1ccccc1Sc1ccccc12. The fourth-order valence-corrected chi connectivity index (χ4v) is 5.27. The highest BCUT2D eigenvalue weighted by atomic mass is 32.2. The molecule has 4 rings (SSSR count). The summed E-state index contributed by atoms with van der Waals surface area (Å²) < 4.78 is 5.18. The maximum atomic E-state index is 12.1. The molecule has 1 spiro atoms. The zero-order valence-corrected chi connectivity index (χ0v) is 14.6. The van der Waals surface area contributed by atoms with E-state index >= 15 is 0 Å². The molecule has 0 N–H and O–H groups in total. The van der Waals surface area contributed by atoms with Crippen LogP contribution in [-0.4, -0.2) is 30.7 Å². The Kier molecular flexibility index (Phi) is 4.01. The molecule has 0 aromatic heterocycles. The summed E-state index contributed by atoms with van der Waals surface area (Å²) in [6, 6.07) is 17.4. The largest absolute Gasteiger partial charge is 0.450 e. The van der Waals surface area contributed by atoms with E-state index in [9.17, 15) is 4.79 Å². The Hall–Kier alpha value is -1.94. The predicted octanol–water partition coefficient (Wildman–Crippen LogP) is 4.69. The van der Waals surface area contributed by atoms with Gasteiger partial charge in [0.15, 0.2) is 0 Å². The highest BCUT2D eigenvalue weighted by Crippen LogP contribution is 2.53. The lowest BCUT2D eigenvalue weighted by Crippen LogP contribution is -2.46. The Morgan fingerprint density at radius 1 is 1.04 bits per heavy atom. The Balaban J connectivity index is 1.72. The third-order valence-electron chi connectivity index (χ3n) is 5.17. The third kappa shape index (κ3) is 2.40. The van der Waals surface area contributed by atoms with Crippen molar-refractivity contribution in [3.05, 3.63) is 59.7 Å². The topological polar surface area (TPSA) is 29.5 Å². The molecule has 2 aromatic rings. The molecule has 3 nitrogen and oxygen atoms in total. The summed E-state index contributed by atoms with van der Waals surface area (Å²) >= 11 is 1.86. The summed E-state index contributed by atoms with van der Waals surface area (Å²) in [5.41, 5.74) is 2.84. The van der Waals surface area contributed by atoms with Gasteiger partial charge < -0.3 is 9.64 Å². The van der Waals surface area contributed by atoms with Gasteiger partial charge in [-0.2, -0.15) is 0 Å². The Bertz CT molecular complexity index is 718. The summed E-state index contributed by atoms with van der Waals surface area (Å²) in [6.45, 7) is 3.77. The summed E-state index contributed by atoms with van der Waals surface area (Å²) in [5.74, 6) is 0. The van der Waals surface area contributed by atoms with Crippen LogP contribution in [0.1, 0.15) is 30.9 Å². The van der Waals surface area contributed by atoms with E-state index in [-0.39, 0.29) is 11.5 Å². The number of hydrogen-bond acceptors (Lipinski definition) is 3. The fraction of sp³-hybridized carbons (Fsp3) is 0.350. The Morgan fingerprint density at radius 2 is 1.58 bits per heavy atom. The van der Waals surface area contributed by atoms with Crippen molar-refractivity contribution in [2.45, 2.75) is 35.0 Å². The molecule has 2 aliphatic heterocycles. The maximum Gasteiger partial charge on any atom is 0.409 e. The second-order valence-corrected chi connectivity index (χ2v) is 7.45. The summed E-state index contributed by atoms with van der Waals surface area (Å²) in [6.07, 6.45) is 1.71. The molecule has 2 aliphatic rings. The van der Waals surface area contributed by atoms with Gasteiger partial charge in [-0.05, 0) is 43.0 Å². The van der Waals surface area contributed by atoms with Crippen LogP contribution in [0.3, 0.4) is 0 Å². The Morgan fingerprint density at radius 3 is 2.12 bits per heavy atom. The minimum Gasteiger partial charge on any atom is -0.450 e. The highest BCUT2D eigenvalue weighted by molar-refractivity contribution is 7.99. The van der Waals surface area contributed by atoms with Gasteiger partial charge in [0.1, 0.15) is 0 Å². The molecule has 0 unspecified atom stereocenters. The van der Waals surface area contributed by atoms with Crippen LogP contribution >= 0.6 is 11.8 Å². The maximum absolute atomic E-state index is 12.1. The summed E-state index contributed by atoms with van der Waals surface area (Å²) in [5, 5.41) is 0. The van der Waals surface area contributed by atoms with Gasteiger partial charge in [-0.15, -0.1) is 0 Å². The molecule has 1 amide bonds. The van der Waals surface area contributed by atoms with Crippen LogP contribution in [0, 0.1) is 0 Å². The number of fused-ring (bicyclic) bond motifs is 4. The molecule has 0 bridgehead atoms. The lowest BCUT2D eigenvalue weighted by Gasteiger charge is -2.45. The fourth-order valence-electron chi connectivity index (χ4n) is 3.99. The number of likely N-dealkylation sites (tertiary alicyclic amines) is 1. The van der Waals surface area contributed by atoms with Gasteiger partial charge >= 0.3 is 6.09 Å². The normalized spacial score (nSPS) is 18.0. The second-order valence-electron chi connectivity index (χ2n) is 6.36. The van der Waals surface area contributed by atoms with Crippen molar-refractivity contribution in [3.63, 3.8) is 0 Å². The first kappa shape index (κ1) is 15.6. The van der Waals surface area contributed by atoms with Gasteiger partial charge in [0, 0.05) is 28.3 Å². The number of amides is 1. The van der Waals surface area contributed by atoms with Gasteiger partial charge in [-0.3, -0.25) is 0 Å². The predicted molar refractivity (Wildman–Crippen MR) is 95.6 cm³/mol. The molecule has 0 radical (unpaired) electrons. The van der Waals surface area contributed by atoms with E-state index in [1.54, 1.807) is 0 Å². The minimum absolute atomic E-state index is 0.0153.